The van der Waals surface area contributed by atoms with Gasteiger partial charge in [-0.25, -0.2) is 0 Å². The van der Waals surface area contributed by atoms with Crippen LogP contribution in [0.15, 0.2) is 0 Å². The van der Waals surface area contributed by atoms with Gasteiger partial charge in [-0.15, -0.1) is 12.4 Å². The molecular weight excluding hydrogens is 326 g/mol. The third kappa shape index (κ3) is 6.60. The smallest absolute Gasteiger partial charge is 0.225 e. The molecule has 0 aromatic heterocycles. The zero-order valence-corrected chi connectivity index (χ0v) is 15.7. The molecule has 0 unspecified atom stereocenters. The van der Waals surface area contributed by atoms with Gasteiger partial charge >= 0.3 is 0 Å². The highest BCUT2D eigenvalue weighted by molar-refractivity contribution is 5.85. The van der Waals surface area contributed by atoms with E-state index in [9.17, 15) is 9.59 Å². The van der Waals surface area contributed by atoms with E-state index in [1.54, 1.807) is 0 Å². The van der Waals surface area contributed by atoms with Crippen LogP contribution < -0.4 is 5.73 Å². The second kappa shape index (κ2) is 11.7. The van der Waals surface area contributed by atoms with Crippen molar-refractivity contribution in [3.8, 4) is 0 Å². The fourth-order valence-electron chi connectivity index (χ4n) is 3.72. The van der Waals surface area contributed by atoms with E-state index in [2.05, 4.69) is 0 Å². The average molecular weight is 360 g/mol. The lowest BCUT2D eigenvalue weighted by Crippen LogP contribution is -2.52. The van der Waals surface area contributed by atoms with Gasteiger partial charge in [-0.3, -0.25) is 9.59 Å². The number of carbonyl (C=O) groups excluding carboxylic acids is 2. The number of halogens is 1. The molecule has 0 aromatic rings. The molecule has 24 heavy (non-hydrogen) atoms. The Morgan fingerprint density at radius 2 is 1.42 bits per heavy atom. The maximum atomic E-state index is 12.5. The highest BCUT2D eigenvalue weighted by Crippen LogP contribution is 2.25. The minimum Gasteiger partial charge on any atom is -0.339 e. The Bertz CT molecular complexity index is 378. The summed E-state index contributed by atoms with van der Waals surface area (Å²) in [7, 11) is 0. The number of rotatable bonds is 7. The summed E-state index contributed by atoms with van der Waals surface area (Å²) >= 11 is 0. The number of hydrogen-bond acceptors (Lipinski definition) is 3. The summed E-state index contributed by atoms with van der Waals surface area (Å²) in [5, 5.41) is 0. The molecule has 2 fully saturated rings. The lowest BCUT2D eigenvalue weighted by molar-refractivity contribution is -0.142. The SMILES string of the molecule is Cl.NCCCCCCC(=O)N1CCN(C(=O)C2CCCCC2)CC1. The summed E-state index contributed by atoms with van der Waals surface area (Å²) in [4.78, 5) is 28.6. The van der Waals surface area contributed by atoms with Crippen LogP contribution in [-0.4, -0.2) is 54.3 Å². The van der Waals surface area contributed by atoms with E-state index in [0.717, 1.165) is 45.1 Å². The quantitative estimate of drug-likeness (QED) is 0.710. The summed E-state index contributed by atoms with van der Waals surface area (Å²) in [6.07, 6.45) is 10.6. The molecule has 2 amide bonds. The summed E-state index contributed by atoms with van der Waals surface area (Å²) in [5.74, 6) is 0.828. The summed E-state index contributed by atoms with van der Waals surface area (Å²) in [5.41, 5.74) is 5.47. The van der Waals surface area contributed by atoms with Crippen LogP contribution in [0.25, 0.3) is 0 Å². The van der Waals surface area contributed by atoms with Gasteiger partial charge in [0.05, 0.1) is 0 Å². The van der Waals surface area contributed by atoms with Crippen molar-refractivity contribution in [2.24, 2.45) is 11.7 Å². The van der Waals surface area contributed by atoms with Gasteiger partial charge in [-0.2, -0.15) is 0 Å². The van der Waals surface area contributed by atoms with Crippen LogP contribution in [0.3, 0.4) is 0 Å². The Kier molecular flexibility index (Phi) is 10.3. The molecule has 1 saturated heterocycles. The van der Waals surface area contributed by atoms with E-state index in [-0.39, 0.29) is 24.2 Å². The molecule has 2 rings (SSSR count). The second-order valence-electron chi connectivity index (χ2n) is 6.99. The molecular formula is C18H34ClN3O2. The zero-order valence-electron chi connectivity index (χ0n) is 14.9. The Balaban J connectivity index is 0.00000288. The molecule has 1 heterocycles. The predicted molar refractivity (Wildman–Crippen MR) is 99.1 cm³/mol. The number of hydrogen-bond donors (Lipinski definition) is 1. The minimum absolute atomic E-state index is 0. The molecule has 1 aliphatic carbocycles. The summed E-state index contributed by atoms with van der Waals surface area (Å²) in [6, 6.07) is 0. The first-order valence-corrected chi connectivity index (χ1v) is 9.49. The van der Waals surface area contributed by atoms with Gasteiger partial charge in [0, 0.05) is 38.5 Å². The van der Waals surface area contributed by atoms with Crippen molar-refractivity contribution in [3.63, 3.8) is 0 Å². The molecule has 0 bridgehead atoms. The first kappa shape index (κ1) is 21.2. The lowest BCUT2D eigenvalue weighted by Gasteiger charge is -2.37. The average Bonchev–Trinajstić information content (AvgIpc) is 2.61. The van der Waals surface area contributed by atoms with Gasteiger partial charge in [-0.05, 0) is 32.2 Å². The summed E-state index contributed by atoms with van der Waals surface area (Å²) < 4.78 is 0. The third-order valence-electron chi connectivity index (χ3n) is 5.24. The van der Waals surface area contributed by atoms with Crippen LogP contribution in [0.1, 0.15) is 64.2 Å². The van der Waals surface area contributed by atoms with E-state index in [0.29, 0.717) is 38.5 Å². The highest BCUT2D eigenvalue weighted by Gasteiger charge is 2.29. The van der Waals surface area contributed by atoms with Crippen molar-refractivity contribution in [2.75, 3.05) is 32.7 Å². The Labute approximate surface area is 152 Å². The molecule has 6 heteroatoms. The van der Waals surface area contributed by atoms with Crippen molar-refractivity contribution in [1.82, 2.24) is 9.80 Å². The number of carbonyl (C=O) groups is 2. The number of nitrogens with zero attached hydrogens (tertiary/aromatic N) is 2. The molecule has 0 spiro atoms. The van der Waals surface area contributed by atoms with Crippen LogP contribution in [0, 0.1) is 5.92 Å². The first-order valence-electron chi connectivity index (χ1n) is 9.49. The predicted octanol–water partition coefficient (Wildman–Crippen LogP) is 2.57. The number of amides is 2. The van der Waals surface area contributed by atoms with Crippen molar-refractivity contribution in [2.45, 2.75) is 64.2 Å². The Hall–Kier alpha value is -0.810. The molecule has 140 valence electrons. The topological polar surface area (TPSA) is 66.6 Å². The monoisotopic (exact) mass is 359 g/mol. The molecule has 1 saturated carbocycles. The van der Waals surface area contributed by atoms with Crippen molar-refractivity contribution in [1.29, 1.82) is 0 Å². The van der Waals surface area contributed by atoms with Gasteiger partial charge in [0.1, 0.15) is 0 Å². The zero-order chi connectivity index (χ0) is 16.5. The van der Waals surface area contributed by atoms with E-state index < -0.39 is 0 Å². The molecule has 2 aliphatic rings. The fourth-order valence-corrected chi connectivity index (χ4v) is 3.72. The number of unbranched alkanes of at least 4 members (excludes halogenated alkanes) is 3. The summed E-state index contributed by atoms with van der Waals surface area (Å²) in [6.45, 7) is 3.59. The highest BCUT2D eigenvalue weighted by atomic mass is 35.5. The molecule has 0 aromatic carbocycles. The molecule has 1 aliphatic heterocycles. The molecule has 2 N–H and O–H groups in total. The van der Waals surface area contributed by atoms with Gasteiger partial charge < -0.3 is 15.5 Å². The number of nitrogens with two attached hydrogens (primary N) is 1. The third-order valence-corrected chi connectivity index (χ3v) is 5.24. The lowest BCUT2D eigenvalue weighted by atomic mass is 9.88. The molecule has 0 atom stereocenters. The van der Waals surface area contributed by atoms with Gasteiger partial charge in [0.15, 0.2) is 0 Å². The molecule has 5 nitrogen and oxygen atoms in total. The van der Waals surface area contributed by atoms with Crippen LogP contribution in [0.4, 0.5) is 0 Å². The fraction of sp³-hybridized carbons (Fsp3) is 0.889. The van der Waals surface area contributed by atoms with Crippen LogP contribution in [0.2, 0.25) is 0 Å². The van der Waals surface area contributed by atoms with Crippen LogP contribution in [-0.2, 0) is 9.59 Å². The van der Waals surface area contributed by atoms with Gasteiger partial charge in [0.25, 0.3) is 0 Å². The normalized spacial score (nSPS) is 19.0. The van der Waals surface area contributed by atoms with Crippen molar-refractivity contribution < 1.29 is 9.59 Å². The van der Waals surface area contributed by atoms with Gasteiger partial charge in [-0.1, -0.05) is 32.1 Å². The Morgan fingerprint density at radius 3 is 2.04 bits per heavy atom. The van der Waals surface area contributed by atoms with Crippen LogP contribution in [0.5, 0.6) is 0 Å². The maximum Gasteiger partial charge on any atom is 0.225 e. The second-order valence-corrected chi connectivity index (χ2v) is 6.99. The first-order chi connectivity index (χ1) is 11.2. The minimum atomic E-state index is 0. The van der Waals surface area contributed by atoms with Crippen molar-refractivity contribution in [3.05, 3.63) is 0 Å². The van der Waals surface area contributed by atoms with E-state index >= 15 is 0 Å². The standard InChI is InChI=1S/C18H33N3O2.ClH/c19-11-7-2-1-6-10-17(22)20-12-14-21(15-13-20)18(23)16-8-4-3-5-9-16;/h16H,1-15,19H2;1H. The van der Waals surface area contributed by atoms with E-state index in [4.69, 9.17) is 5.73 Å². The largest absolute Gasteiger partial charge is 0.339 e. The van der Waals surface area contributed by atoms with Crippen molar-refractivity contribution >= 4 is 24.2 Å². The van der Waals surface area contributed by atoms with Crippen LogP contribution >= 0.6 is 12.4 Å². The molecule has 0 radical (unpaired) electrons. The Morgan fingerprint density at radius 1 is 0.833 bits per heavy atom. The van der Waals surface area contributed by atoms with E-state index in [1.807, 2.05) is 9.80 Å². The van der Waals surface area contributed by atoms with E-state index in [1.165, 1.54) is 19.3 Å². The van der Waals surface area contributed by atoms with Gasteiger partial charge in [0.2, 0.25) is 11.8 Å². The maximum absolute atomic E-state index is 12.5. The number of piperazine rings is 1.